The number of rotatable bonds is 7. The Labute approximate surface area is 201 Å². The minimum absolute atomic E-state index is 0.164. The lowest BCUT2D eigenvalue weighted by atomic mass is 10.1. The van der Waals surface area contributed by atoms with Gasteiger partial charge in [0, 0.05) is 16.9 Å². The van der Waals surface area contributed by atoms with Crippen LogP contribution in [-0.4, -0.2) is 26.7 Å². The van der Waals surface area contributed by atoms with Crippen molar-refractivity contribution < 1.29 is 18.8 Å². The third-order valence-corrected chi connectivity index (χ3v) is 6.01. The average molecular weight is 495 g/mol. The van der Waals surface area contributed by atoms with Crippen molar-refractivity contribution >= 4 is 50.5 Å². The number of halogens is 1. The zero-order valence-electron chi connectivity index (χ0n) is 18.4. The molecule has 9 nitrogen and oxygen atoms in total. The lowest BCUT2D eigenvalue weighted by molar-refractivity contribution is -0.117. The molecule has 2 N–H and O–H groups in total. The summed E-state index contributed by atoms with van der Waals surface area (Å²) in [5.74, 6) is -1.86. The largest absolute Gasteiger partial charge is 0.332 e. The highest BCUT2D eigenvalue weighted by molar-refractivity contribution is 7.17. The number of benzene rings is 2. The van der Waals surface area contributed by atoms with Crippen LogP contribution in [0.2, 0.25) is 0 Å². The molecule has 2 heterocycles. The minimum Gasteiger partial charge on any atom is -0.325 e. The molecule has 0 aliphatic rings. The first-order valence-corrected chi connectivity index (χ1v) is 11.3. The molecular formula is C24H19FN4O5S. The van der Waals surface area contributed by atoms with E-state index in [9.17, 15) is 28.4 Å². The number of thiophene rings is 1. The first-order chi connectivity index (χ1) is 16.7. The van der Waals surface area contributed by atoms with E-state index >= 15 is 0 Å². The Kier molecular flexibility index (Phi) is 6.69. The van der Waals surface area contributed by atoms with E-state index in [0.29, 0.717) is 16.9 Å². The van der Waals surface area contributed by atoms with E-state index in [1.54, 1.807) is 29.6 Å². The van der Waals surface area contributed by atoms with E-state index in [2.05, 4.69) is 10.6 Å². The molecule has 2 aromatic heterocycles. The highest BCUT2D eigenvalue weighted by Crippen LogP contribution is 2.16. The normalized spacial score (nSPS) is 10.8. The van der Waals surface area contributed by atoms with Crippen LogP contribution in [0.4, 0.5) is 15.8 Å². The topological polar surface area (TPSA) is 119 Å². The van der Waals surface area contributed by atoms with Crippen LogP contribution in [-0.2, 0) is 22.7 Å². The summed E-state index contributed by atoms with van der Waals surface area (Å²) >= 11 is 1.08. The molecular weight excluding hydrogens is 475 g/mol. The third-order valence-electron chi connectivity index (χ3n) is 5.12. The summed E-state index contributed by atoms with van der Waals surface area (Å²) < 4.78 is 15.2. The summed E-state index contributed by atoms with van der Waals surface area (Å²) in [4.78, 5) is 62.8. The number of nitrogens with zero attached hydrogens (tertiary/aromatic N) is 2. The monoisotopic (exact) mass is 494 g/mol. The quantitative estimate of drug-likeness (QED) is 0.383. The van der Waals surface area contributed by atoms with Gasteiger partial charge < -0.3 is 10.6 Å². The van der Waals surface area contributed by atoms with Crippen molar-refractivity contribution in [3.05, 3.63) is 92.2 Å². The number of aromatic nitrogens is 2. The van der Waals surface area contributed by atoms with Gasteiger partial charge in [-0.3, -0.25) is 23.7 Å². The van der Waals surface area contributed by atoms with Crippen LogP contribution in [0.25, 0.3) is 10.2 Å². The number of fused-ring (bicyclic) bond motifs is 1. The first-order valence-electron chi connectivity index (χ1n) is 10.4. The van der Waals surface area contributed by atoms with Gasteiger partial charge in [-0.05, 0) is 54.8 Å². The van der Waals surface area contributed by atoms with Crippen molar-refractivity contribution in [2.45, 2.75) is 20.0 Å². The Hall–Kier alpha value is -4.38. The molecule has 4 aromatic rings. The van der Waals surface area contributed by atoms with Gasteiger partial charge in [-0.1, -0.05) is 12.1 Å². The second-order valence-corrected chi connectivity index (χ2v) is 8.55. The van der Waals surface area contributed by atoms with E-state index in [4.69, 9.17) is 0 Å². The fourth-order valence-corrected chi connectivity index (χ4v) is 4.31. The van der Waals surface area contributed by atoms with Gasteiger partial charge in [-0.2, -0.15) is 0 Å². The van der Waals surface area contributed by atoms with Crippen LogP contribution >= 0.6 is 11.3 Å². The highest BCUT2D eigenvalue weighted by Gasteiger charge is 2.18. The molecule has 0 radical (unpaired) electrons. The SMILES string of the molecule is CC(=O)c1cccc(NC(=O)Cn2c(=O)n(CC(=O)Nc3ccc(F)cc3)c(=O)c3sccc32)c1. The van der Waals surface area contributed by atoms with Crippen molar-refractivity contribution in [1.29, 1.82) is 0 Å². The Bertz CT molecular complexity index is 1570. The number of carbonyl (C=O) groups excluding carboxylic acids is 3. The molecule has 0 bridgehead atoms. The van der Waals surface area contributed by atoms with E-state index in [1.807, 2.05) is 0 Å². The molecule has 0 fully saturated rings. The molecule has 11 heteroatoms. The maximum absolute atomic E-state index is 13.1. The lowest BCUT2D eigenvalue weighted by Crippen LogP contribution is -2.43. The Balaban J connectivity index is 1.61. The first kappa shape index (κ1) is 23.8. The van der Waals surface area contributed by atoms with Gasteiger partial charge in [0.25, 0.3) is 5.56 Å². The molecule has 0 atom stereocenters. The molecule has 0 aliphatic carbocycles. The summed E-state index contributed by atoms with van der Waals surface area (Å²) in [5, 5.41) is 6.75. The lowest BCUT2D eigenvalue weighted by Gasteiger charge is -2.13. The van der Waals surface area contributed by atoms with Crippen molar-refractivity contribution in [1.82, 2.24) is 9.13 Å². The van der Waals surface area contributed by atoms with Crippen molar-refractivity contribution in [3.63, 3.8) is 0 Å². The molecule has 0 aliphatic heterocycles. The second kappa shape index (κ2) is 9.85. The fourth-order valence-electron chi connectivity index (χ4n) is 3.46. The number of nitrogens with one attached hydrogen (secondary N) is 2. The van der Waals surface area contributed by atoms with Crippen LogP contribution in [0.15, 0.2) is 69.6 Å². The van der Waals surface area contributed by atoms with Gasteiger partial charge in [0.15, 0.2) is 5.78 Å². The highest BCUT2D eigenvalue weighted by atomic mass is 32.1. The van der Waals surface area contributed by atoms with Crippen LogP contribution in [0, 0.1) is 5.82 Å². The van der Waals surface area contributed by atoms with Crippen molar-refractivity contribution in [2.75, 3.05) is 10.6 Å². The predicted molar refractivity (Wildman–Crippen MR) is 130 cm³/mol. The summed E-state index contributed by atoms with van der Waals surface area (Å²) in [6, 6.07) is 12.9. The van der Waals surface area contributed by atoms with E-state index < -0.39 is 42.0 Å². The van der Waals surface area contributed by atoms with Crippen LogP contribution in [0.1, 0.15) is 17.3 Å². The molecule has 2 amide bonds. The van der Waals surface area contributed by atoms with Crippen molar-refractivity contribution in [3.8, 4) is 0 Å². The number of Topliss-reactive ketones (excluding diaryl/α,β-unsaturated/α-hetero) is 1. The summed E-state index contributed by atoms with van der Waals surface area (Å²) in [6.07, 6.45) is 0. The smallest absolute Gasteiger partial charge is 0.325 e. The fraction of sp³-hybridized carbons (Fsp3) is 0.125. The molecule has 4 rings (SSSR count). The van der Waals surface area contributed by atoms with Crippen LogP contribution in [0.3, 0.4) is 0 Å². The second-order valence-electron chi connectivity index (χ2n) is 7.64. The number of amides is 2. The number of hydrogen-bond donors (Lipinski definition) is 2. The molecule has 0 unspecified atom stereocenters. The Morgan fingerprint density at radius 3 is 2.23 bits per heavy atom. The van der Waals surface area contributed by atoms with Gasteiger partial charge in [-0.25, -0.2) is 13.8 Å². The van der Waals surface area contributed by atoms with E-state index in [-0.39, 0.29) is 16.0 Å². The van der Waals surface area contributed by atoms with Gasteiger partial charge >= 0.3 is 5.69 Å². The molecule has 2 aromatic carbocycles. The summed E-state index contributed by atoms with van der Waals surface area (Å²) in [7, 11) is 0. The Morgan fingerprint density at radius 1 is 0.886 bits per heavy atom. The van der Waals surface area contributed by atoms with Crippen LogP contribution in [0.5, 0.6) is 0 Å². The maximum atomic E-state index is 13.1. The molecule has 0 saturated carbocycles. The molecule has 178 valence electrons. The summed E-state index contributed by atoms with van der Waals surface area (Å²) in [6.45, 7) is 0.393. The van der Waals surface area contributed by atoms with Crippen molar-refractivity contribution in [2.24, 2.45) is 0 Å². The minimum atomic E-state index is -0.831. The number of anilines is 2. The molecule has 0 spiro atoms. The maximum Gasteiger partial charge on any atom is 0.332 e. The molecule has 0 saturated heterocycles. The number of carbonyl (C=O) groups is 3. The zero-order chi connectivity index (χ0) is 25.1. The summed E-state index contributed by atoms with van der Waals surface area (Å²) in [5.41, 5.74) is -0.116. The number of hydrogen-bond acceptors (Lipinski definition) is 6. The third kappa shape index (κ3) is 5.25. The van der Waals surface area contributed by atoms with Gasteiger partial charge in [-0.15, -0.1) is 11.3 Å². The van der Waals surface area contributed by atoms with E-state index in [0.717, 1.165) is 32.6 Å². The van der Waals surface area contributed by atoms with E-state index in [1.165, 1.54) is 25.1 Å². The Morgan fingerprint density at radius 2 is 1.54 bits per heavy atom. The molecule has 35 heavy (non-hydrogen) atoms. The van der Waals surface area contributed by atoms with Crippen LogP contribution < -0.4 is 21.9 Å². The van der Waals surface area contributed by atoms with Gasteiger partial charge in [0.1, 0.15) is 23.6 Å². The van der Waals surface area contributed by atoms with Gasteiger partial charge in [0.05, 0.1) is 5.52 Å². The standard InChI is InChI=1S/C24H19FN4O5S/c1-14(30)15-3-2-4-18(11-15)27-20(31)12-28-19-9-10-35-22(19)23(33)29(24(28)34)13-21(32)26-17-7-5-16(25)6-8-17/h2-11H,12-13H2,1H3,(H,26,32)(H,27,31). The zero-order valence-corrected chi connectivity index (χ0v) is 19.2. The van der Waals surface area contributed by atoms with Gasteiger partial charge in [0.2, 0.25) is 11.8 Å². The average Bonchev–Trinajstić information content (AvgIpc) is 3.31. The predicted octanol–water partition coefficient (Wildman–Crippen LogP) is 2.84. The number of ketones is 1.